The van der Waals surface area contributed by atoms with Crippen molar-refractivity contribution in [3.05, 3.63) is 95.6 Å². The van der Waals surface area contributed by atoms with Gasteiger partial charge in [0.25, 0.3) is 11.8 Å². The first-order chi connectivity index (χ1) is 14.2. The van der Waals surface area contributed by atoms with E-state index in [1.54, 1.807) is 48.5 Å². The fraction of sp³-hybridized carbons (Fsp3) is 0.167. The number of nitrogens with one attached hydrogen (secondary N) is 2. The second-order valence-electron chi connectivity index (χ2n) is 6.45. The molecule has 0 saturated carbocycles. The molecule has 0 aliphatic heterocycles. The maximum absolute atomic E-state index is 12.6. The lowest BCUT2D eigenvalue weighted by atomic mass is 10.1. The van der Waals surface area contributed by atoms with Crippen LogP contribution in [0.1, 0.15) is 33.2 Å². The van der Waals surface area contributed by atoms with Crippen LogP contribution in [0.3, 0.4) is 0 Å². The lowest BCUT2D eigenvalue weighted by molar-refractivity contribution is 0.0955. The largest absolute Gasteiger partial charge is 0.494 e. The number of carbonyl (C=O) groups is 2. The van der Waals surface area contributed by atoms with E-state index in [2.05, 4.69) is 10.6 Å². The fourth-order valence-corrected chi connectivity index (χ4v) is 2.94. The molecule has 5 nitrogen and oxygen atoms in total. The number of carbonyl (C=O) groups excluding carboxylic acids is 2. The van der Waals surface area contributed by atoms with Crippen molar-refractivity contribution >= 4 is 17.5 Å². The summed E-state index contributed by atoms with van der Waals surface area (Å²) in [6, 6.07) is 23.9. The molecule has 0 heterocycles. The molecule has 0 spiro atoms. The zero-order chi connectivity index (χ0) is 20.5. The molecule has 2 amide bonds. The monoisotopic (exact) mass is 388 g/mol. The van der Waals surface area contributed by atoms with Gasteiger partial charge in [0.15, 0.2) is 0 Å². The number of benzene rings is 3. The predicted octanol–water partition coefficient (Wildman–Crippen LogP) is 4.31. The van der Waals surface area contributed by atoms with Crippen LogP contribution >= 0.6 is 0 Å². The Bertz CT molecular complexity index is 971. The van der Waals surface area contributed by atoms with Gasteiger partial charge in [-0.15, -0.1) is 0 Å². The highest BCUT2D eigenvalue weighted by Gasteiger charge is 2.14. The standard InChI is InChI=1S/C24H24N2O3/c1-2-29-20-12-8-11-19(17-20)23(27)26-22-14-7-6-13-21(22)24(28)25-16-15-18-9-4-3-5-10-18/h3-14,17H,2,15-16H2,1H3,(H,25,28)(H,26,27). The topological polar surface area (TPSA) is 67.4 Å². The van der Waals surface area contributed by atoms with Crippen molar-refractivity contribution in [1.29, 1.82) is 0 Å². The first-order valence-electron chi connectivity index (χ1n) is 9.62. The second kappa shape index (κ2) is 10.1. The van der Waals surface area contributed by atoms with Gasteiger partial charge in [0.05, 0.1) is 17.9 Å². The average molecular weight is 388 g/mol. The molecule has 2 N–H and O–H groups in total. The molecule has 0 radical (unpaired) electrons. The Morgan fingerprint density at radius 1 is 0.862 bits per heavy atom. The van der Waals surface area contributed by atoms with E-state index in [4.69, 9.17) is 4.74 Å². The first kappa shape index (κ1) is 20.1. The van der Waals surface area contributed by atoms with Gasteiger partial charge in [0.1, 0.15) is 5.75 Å². The van der Waals surface area contributed by atoms with E-state index >= 15 is 0 Å². The highest BCUT2D eigenvalue weighted by atomic mass is 16.5. The summed E-state index contributed by atoms with van der Waals surface area (Å²) in [5, 5.41) is 5.75. The Labute approximate surface area is 170 Å². The maximum Gasteiger partial charge on any atom is 0.255 e. The van der Waals surface area contributed by atoms with Crippen molar-refractivity contribution in [2.45, 2.75) is 13.3 Å². The van der Waals surface area contributed by atoms with Gasteiger partial charge in [-0.2, -0.15) is 0 Å². The van der Waals surface area contributed by atoms with Crippen LogP contribution in [0.5, 0.6) is 5.75 Å². The first-order valence-corrected chi connectivity index (χ1v) is 9.62. The normalized spacial score (nSPS) is 10.2. The zero-order valence-corrected chi connectivity index (χ0v) is 16.4. The molecular weight excluding hydrogens is 364 g/mol. The molecule has 0 aliphatic rings. The molecule has 0 bridgehead atoms. The molecule has 0 saturated heterocycles. The molecule has 5 heteroatoms. The van der Waals surface area contributed by atoms with Gasteiger partial charge in [0.2, 0.25) is 0 Å². The molecule has 0 atom stereocenters. The minimum absolute atomic E-state index is 0.222. The van der Waals surface area contributed by atoms with Gasteiger partial charge in [-0.3, -0.25) is 9.59 Å². The van der Waals surface area contributed by atoms with Gasteiger partial charge in [-0.1, -0.05) is 48.5 Å². The SMILES string of the molecule is CCOc1cccc(C(=O)Nc2ccccc2C(=O)NCCc2ccccc2)c1. The van der Waals surface area contributed by atoms with Crippen LogP contribution in [0, 0.1) is 0 Å². The highest BCUT2D eigenvalue weighted by molar-refractivity contribution is 6.09. The van der Waals surface area contributed by atoms with Crippen LogP contribution in [0.15, 0.2) is 78.9 Å². The predicted molar refractivity (Wildman–Crippen MR) is 114 cm³/mol. The molecular formula is C24H24N2O3. The van der Waals surface area contributed by atoms with E-state index < -0.39 is 0 Å². The Morgan fingerprint density at radius 2 is 1.62 bits per heavy atom. The van der Waals surface area contributed by atoms with Crippen molar-refractivity contribution in [2.75, 3.05) is 18.5 Å². The van der Waals surface area contributed by atoms with Crippen molar-refractivity contribution in [1.82, 2.24) is 5.32 Å². The van der Waals surface area contributed by atoms with Gasteiger partial charge >= 0.3 is 0 Å². The second-order valence-corrected chi connectivity index (χ2v) is 6.45. The lowest BCUT2D eigenvalue weighted by Gasteiger charge is -2.12. The number of hydrogen-bond donors (Lipinski definition) is 2. The minimum atomic E-state index is -0.295. The number of para-hydroxylation sites is 1. The van der Waals surface area contributed by atoms with Crippen molar-refractivity contribution < 1.29 is 14.3 Å². The number of anilines is 1. The van der Waals surface area contributed by atoms with E-state index in [1.807, 2.05) is 37.3 Å². The molecule has 0 unspecified atom stereocenters. The molecule has 3 rings (SSSR count). The number of amides is 2. The summed E-state index contributed by atoms with van der Waals surface area (Å²) in [6.45, 7) is 2.93. The molecule has 0 aromatic heterocycles. The summed E-state index contributed by atoms with van der Waals surface area (Å²) in [7, 11) is 0. The quantitative estimate of drug-likeness (QED) is 0.604. The summed E-state index contributed by atoms with van der Waals surface area (Å²) in [6.07, 6.45) is 0.741. The molecule has 148 valence electrons. The molecule has 3 aromatic rings. The van der Waals surface area contributed by atoms with Crippen LogP contribution in [0.4, 0.5) is 5.69 Å². The van der Waals surface area contributed by atoms with Crippen LogP contribution in [-0.2, 0) is 6.42 Å². The van der Waals surface area contributed by atoms with E-state index in [1.165, 1.54) is 0 Å². The van der Waals surface area contributed by atoms with Gasteiger partial charge < -0.3 is 15.4 Å². The summed E-state index contributed by atoms with van der Waals surface area (Å²) < 4.78 is 5.45. The Kier molecular flexibility index (Phi) is 7.00. The lowest BCUT2D eigenvalue weighted by Crippen LogP contribution is -2.27. The van der Waals surface area contributed by atoms with E-state index in [0.717, 1.165) is 12.0 Å². The van der Waals surface area contributed by atoms with Crippen molar-refractivity contribution in [2.24, 2.45) is 0 Å². The summed E-state index contributed by atoms with van der Waals surface area (Å²) >= 11 is 0. The fourth-order valence-electron chi connectivity index (χ4n) is 2.94. The maximum atomic E-state index is 12.6. The average Bonchev–Trinajstić information content (AvgIpc) is 2.75. The van der Waals surface area contributed by atoms with Gasteiger partial charge in [-0.25, -0.2) is 0 Å². The van der Waals surface area contributed by atoms with E-state index in [-0.39, 0.29) is 11.8 Å². The molecule has 29 heavy (non-hydrogen) atoms. The minimum Gasteiger partial charge on any atom is -0.494 e. The van der Waals surface area contributed by atoms with Crippen molar-refractivity contribution in [3.8, 4) is 5.75 Å². The molecule has 3 aromatic carbocycles. The van der Waals surface area contributed by atoms with Crippen LogP contribution < -0.4 is 15.4 Å². The molecule has 0 fully saturated rings. The summed E-state index contributed by atoms with van der Waals surface area (Å²) in [5.74, 6) is 0.114. The molecule has 0 aliphatic carbocycles. The third-order valence-electron chi connectivity index (χ3n) is 4.37. The van der Waals surface area contributed by atoms with E-state index in [9.17, 15) is 9.59 Å². The Hall–Kier alpha value is -3.60. The Balaban J connectivity index is 1.65. The Morgan fingerprint density at radius 3 is 2.41 bits per heavy atom. The van der Waals surface area contributed by atoms with Gasteiger partial charge in [0, 0.05) is 12.1 Å². The number of hydrogen-bond acceptors (Lipinski definition) is 3. The number of rotatable bonds is 8. The number of ether oxygens (including phenoxy) is 1. The van der Waals surface area contributed by atoms with Crippen LogP contribution in [0.25, 0.3) is 0 Å². The van der Waals surface area contributed by atoms with Crippen molar-refractivity contribution in [3.63, 3.8) is 0 Å². The highest BCUT2D eigenvalue weighted by Crippen LogP contribution is 2.18. The summed E-state index contributed by atoms with van der Waals surface area (Å²) in [4.78, 5) is 25.3. The smallest absolute Gasteiger partial charge is 0.255 e. The van der Waals surface area contributed by atoms with E-state index in [0.29, 0.717) is 35.7 Å². The van der Waals surface area contributed by atoms with Gasteiger partial charge in [-0.05, 0) is 49.2 Å². The zero-order valence-electron chi connectivity index (χ0n) is 16.4. The van der Waals surface area contributed by atoms with Crippen LogP contribution in [-0.4, -0.2) is 25.0 Å². The third kappa shape index (κ3) is 5.69. The van der Waals surface area contributed by atoms with Crippen LogP contribution in [0.2, 0.25) is 0 Å². The third-order valence-corrected chi connectivity index (χ3v) is 4.37. The summed E-state index contributed by atoms with van der Waals surface area (Å²) in [5.41, 5.74) is 2.52.